The predicted molar refractivity (Wildman–Crippen MR) is 109 cm³/mol. The van der Waals surface area contributed by atoms with Gasteiger partial charge in [-0.2, -0.15) is 0 Å². The number of carbonyl (C=O) groups is 1. The number of amides is 1. The maximum Gasteiger partial charge on any atom is 0.270 e. The molecule has 0 fully saturated rings. The first-order chi connectivity index (χ1) is 13.2. The Balaban J connectivity index is 1.80. The molecular weight excluding hydrogens is 374 g/mol. The second kappa shape index (κ2) is 7.69. The fourth-order valence-electron chi connectivity index (χ4n) is 2.83. The molecule has 7 heteroatoms. The van der Waals surface area contributed by atoms with Crippen LogP contribution in [0.3, 0.4) is 0 Å². The molecule has 0 unspecified atom stereocenters. The van der Waals surface area contributed by atoms with Gasteiger partial charge in [0.25, 0.3) is 5.91 Å². The van der Waals surface area contributed by atoms with Gasteiger partial charge in [0.05, 0.1) is 10.4 Å². The summed E-state index contributed by atoms with van der Waals surface area (Å²) in [7, 11) is -3.71. The molecule has 0 atom stereocenters. The van der Waals surface area contributed by atoms with Crippen molar-refractivity contribution in [3.05, 3.63) is 71.9 Å². The van der Waals surface area contributed by atoms with Crippen LogP contribution in [0.15, 0.2) is 65.6 Å². The zero-order valence-electron chi connectivity index (χ0n) is 16.1. The molecule has 0 bridgehead atoms. The molecule has 0 radical (unpaired) electrons. The number of rotatable bonds is 5. The molecule has 2 N–H and O–H groups in total. The Labute approximate surface area is 165 Å². The van der Waals surface area contributed by atoms with Gasteiger partial charge in [-0.15, -0.1) is 0 Å². The summed E-state index contributed by atoms with van der Waals surface area (Å²) >= 11 is 0. The number of carbonyl (C=O) groups excluding carboxylic acids is 1. The lowest BCUT2D eigenvalue weighted by Gasteiger charge is -2.21. The fraction of sp³-hybridized carbons (Fsp3) is 0.238. The molecule has 3 aromatic rings. The van der Waals surface area contributed by atoms with E-state index in [1.54, 1.807) is 45.0 Å². The number of fused-ring (bicyclic) bond motifs is 1. The second-order valence-corrected chi connectivity index (χ2v) is 9.19. The number of aromatic nitrogens is 1. The van der Waals surface area contributed by atoms with E-state index in [4.69, 9.17) is 0 Å². The summed E-state index contributed by atoms with van der Waals surface area (Å²) in [4.78, 5) is 17.0. The first-order valence-corrected chi connectivity index (χ1v) is 10.4. The highest BCUT2D eigenvalue weighted by molar-refractivity contribution is 7.89. The van der Waals surface area contributed by atoms with Crippen molar-refractivity contribution in [3.63, 3.8) is 0 Å². The Kier molecular flexibility index (Phi) is 5.49. The SMILES string of the molecule is CC(C)(C)NS(=O)(=O)c1ccccc1CNC(=O)c1ccc2ccccc2n1. The van der Waals surface area contributed by atoms with E-state index in [0.29, 0.717) is 5.56 Å². The first-order valence-electron chi connectivity index (χ1n) is 8.92. The molecule has 0 aliphatic rings. The smallest absolute Gasteiger partial charge is 0.270 e. The summed E-state index contributed by atoms with van der Waals surface area (Å²) in [5, 5.41) is 3.71. The van der Waals surface area contributed by atoms with E-state index < -0.39 is 15.6 Å². The normalized spacial score (nSPS) is 12.1. The lowest BCUT2D eigenvalue weighted by Crippen LogP contribution is -2.41. The van der Waals surface area contributed by atoms with Crippen LogP contribution in [-0.2, 0) is 16.6 Å². The van der Waals surface area contributed by atoms with Crippen LogP contribution in [-0.4, -0.2) is 24.8 Å². The standard InChI is InChI=1S/C21H23N3O3S/c1-21(2,3)24-28(26,27)19-11-7-5-9-16(19)14-22-20(25)18-13-12-15-8-4-6-10-17(15)23-18/h4-13,24H,14H2,1-3H3,(H,22,25). The van der Waals surface area contributed by atoms with Crippen LogP contribution in [0, 0.1) is 0 Å². The molecule has 0 saturated heterocycles. The van der Waals surface area contributed by atoms with Gasteiger partial charge in [0, 0.05) is 17.5 Å². The fourth-order valence-corrected chi connectivity index (χ4v) is 4.49. The lowest BCUT2D eigenvalue weighted by atomic mass is 10.1. The number of hydrogen-bond acceptors (Lipinski definition) is 4. The third kappa shape index (κ3) is 4.74. The van der Waals surface area contributed by atoms with Crippen molar-refractivity contribution in [3.8, 4) is 0 Å². The maximum absolute atomic E-state index is 12.7. The van der Waals surface area contributed by atoms with E-state index in [2.05, 4.69) is 15.0 Å². The highest BCUT2D eigenvalue weighted by Crippen LogP contribution is 2.18. The van der Waals surface area contributed by atoms with Crippen LogP contribution in [0.25, 0.3) is 10.9 Å². The number of hydrogen-bond donors (Lipinski definition) is 2. The first kappa shape index (κ1) is 20.0. The summed E-state index contributed by atoms with van der Waals surface area (Å²) < 4.78 is 28.0. The molecule has 0 aliphatic carbocycles. The van der Waals surface area contributed by atoms with Crippen molar-refractivity contribution in [2.24, 2.45) is 0 Å². The molecule has 146 valence electrons. The van der Waals surface area contributed by atoms with Crippen LogP contribution >= 0.6 is 0 Å². The Morgan fingerprint density at radius 1 is 0.964 bits per heavy atom. The third-order valence-electron chi connectivity index (χ3n) is 3.97. The number of benzene rings is 2. The topological polar surface area (TPSA) is 88.2 Å². The second-order valence-electron chi connectivity index (χ2n) is 7.54. The summed E-state index contributed by atoms with van der Waals surface area (Å²) in [6, 6.07) is 17.6. The van der Waals surface area contributed by atoms with Gasteiger partial charge < -0.3 is 5.32 Å². The zero-order valence-corrected chi connectivity index (χ0v) is 16.9. The Bertz CT molecular complexity index is 1120. The minimum Gasteiger partial charge on any atom is -0.347 e. The van der Waals surface area contributed by atoms with Gasteiger partial charge in [0.2, 0.25) is 10.0 Å². The number of para-hydroxylation sites is 1. The molecule has 6 nitrogen and oxygen atoms in total. The number of nitrogens with one attached hydrogen (secondary N) is 2. The van der Waals surface area contributed by atoms with E-state index in [-0.39, 0.29) is 23.0 Å². The quantitative estimate of drug-likeness (QED) is 0.692. The number of pyridine rings is 1. The minimum absolute atomic E-state index is 0.0779. The van der Waals surface area contributed by atoms with Crippen LogP contribution in [0.5, 0.6) is 0 Å². The van der Waals surface area contributed by atoms with Crippen molar-refractivity contribution in [2.45, 2.75) is 37.8 Å². The molecule has 0 spiro atoms. The molecular formula is C21H23N3O3S. The van der Waals surface area contributed by atoms with Gasteiger partial charge in [-0.3, -0.25) is 4.79 Å². The third-order valence-corrected chi connectivity index (χ3v) is 5.83. The van der Waals surface area contributed by atoms with Gasteiger partial charge >= 0.3 is 0 Å². The monoisotopic (exact) mass is 397 g/mol. The average Bonchev–Trinajstić information content (AvgIpc) is 2.64. The van der Waals surface area contributed by atoms with E-state index in [0.717, 1.165) is 10.9 Å². The van der Waals surface area contributed by atoms with E-state index in [1.807, 2.05) is 30.3 Å². The molecule has 2 aromatic carbocycles. The van der Waals surface area contributed by atoms with Crippen molar-refractivity contribution in [1.82, 2.24) is 15.0 Å². The molecule has 1 heterocycles. The number of nitrogens with zero attached hydrogens (tertiary/aromatic N) is 1. The van der Waals surface area contributed by atoms with Crippen molar-refractivity contribution in [2.75, 3.05) is 0 Å². The highest BCUT2D eigenvalue weighted by Gasteiger charge is 2.24. The van der Waals surface area contributed by atoms with Gasteiger partial charge in [0.15, 0.2) is 0 Å². The summed E-state index contributed by atoms with van der Waals surface area (Å²) in [6.07, 6.45) is 0. The van der Waals surface area contributed by atoms with Crippen LogP contribution in [0.1, 0.15) is 36.8 Å². The molecule has 0 aliphatic heterocycles. The minimum atomic E-state index is -3.71. The summed E-state index contributed by atoms with van der Waals surface area (Å²) in [5.74, 6) is -0.360. The Hall–Kier alpha value is -2.77. The maximum atomic E-state index is 12.7. The Morgan fingerprint density at radius 2 is 1.64 bits per heavy atom. The van der Waals surface area contributed by atoms with Gasteiger partial charge in [0.1, 0.15) is 5.69 Å². The predicted octanol–water partition coefficient (Wildman–Crippen LogP) is 3.24. The lowest BCUT2D eigenvalue weighted by molar-refractivity contribution is 0.0946. The largest absolute Gasteiger partial charge is 0.347 e. The zero-order chi connectivity index (χ0) is 20.4. The van der Waals surface area contributed by atoms with E-state index in [1.165, 1.54) is 6.07 Å². The molecule has 1 aromatic heterocycles. The number of sulfonamides is 1. The van der Waals surface area contributed by atoms with Crippen LogP contribution < -0.4 is 10.0 Å². The Morgan fingerprint density at radius 3 is 2.39 bits per heavy atom. The molecule has 1 amide bonds. The van der Waals surface area contributed by atoms with Crippen molar-refractivity contribution in [1.29, 1.82) is 0 Å². The highest BCUT2D eigenvalue weighted by atomic mass is 32.2. The average molecular weight is 398 g/mol. The van der Waals surface area contributed by atoms with Crippen LogP contribution in [0.4, 0.5) is 0 Å². The van der Waals surface area contributed by atoms with Crippen LogP contribution in [0.2, 0.25) is 0 Å². The van der Waals surface area contributed by atoms with Crippen molar-refractivity contribution < 1.29 is 13.2 Å². The van der Waals surface area contributed by atoms with Crippen molar-refractivity contribution >= 4 is 26.8 Å². The molecule has 0 saturated carbocycles. The molecule has 3 rings (SSSR count). The molecule has 28 heavy (non-hydrogen) atoms. The van der Waals surface area contributed by atoms with Gasteiger partial charge in [-0.05, 0) is 44.5 Å². The van der Waals surface area contributed by atoms with Gasteiger partial charge in [-0.25, -0.2) is 18.1 Å². The summed E-state index contributed by atoms with van der Waals surface area (Å²) in [5.41, 5.74) is 0.914. The van der Waals surface area contributed by atoms with E-state index >= 15 is 0 Å². The van der Waals surface area contributed by atoms with Gasteiger partial charge in [-0.1, -0.05) is 42.5 Å². The van der Waals surface area contributed by atoms with E-state index in [9.17, 15) is 13.2 Å². The summed E-state index contributed by atoms with van der Waals surface area (Å²) in [6.45, 7) is 5.41.